The molecule has 2 unspecified atom stereocenters. The Morgan fingerprint density at radius 2 is 2.22 bits per heavy atom. The van der Waals surface area contributed by atoms with Gasteiger partial charge >= 0.3 is 0 Å². The maximum Gasteiger partial charge on any atom is 0.283 e. The summed E-state index contributed by atoms with van der Waals surface area (Å²) in [5, 5.41) is 14.9. The quantitative estimate of drug-likeness (QED) is 0.347. The molecule has 1 aliphatic carbocycles. The first kappa shape index (κ1) is 15.8. The first-order chi connectivity index (χ1) is 10.9. The van der Waals surface area contributed by atoms with E-state index in [1.807, 2.05) is 17.1 Å². The lowest BCUT2D eigenvalue weighted by molar-refractivity contribution is 0.248. The highest BCUT2D eigenvalue weighted by molar-refractivity contribution is 7.85. The smallest absolute Gasteiger partial charge is 0.283 e. The van der Waals surface area contributed by atoms with Crippen LogP contribution in [-0.2, 0) is 10.1 Å². The average molecular weight is 342 g/mol. The molecular weight excluding hydrogens is 324 g/mol. The monoisotopic (exact) mass is 342 g/mol. The number of hydrogen-bond acceptors (Lipinski definition) is 9. The van der Waals surface area contributed by atoms with Crippen molar-refractivity contribution >= 4 is 33.4 Å². The lowest BCUT2D eigenvalue weighted by Crippen LogP contribution is -2.33. The van der Waals surface area contributed by atoms with E-state index in [2.05, 4.69) is 20.6 Å². The van der Waals surface area contributed by atoms with Crippen LogP contribution in [0.3, 0.4) is 0 Å². The number of nitrogens with zero attached hydrogens (tertiary/aromatic N) is 3. The van der Waals surface area contributed by atoms with E-state index >= 15 is 0 Å². The number of hydrogen-bond donors (Lipinski definition) is 5. The van der Waals surface area contributed by atoms with Gasteiger partial charge in [-0.05, 0) is 6.42 Å². The number of anilines is 4. The van der Waals surface area contributed by atoms with Crippen LogP contribution in [0.5, 0.6) is 0 Å². The van der Waals surface area contributed by atoms with Crippen molar-refractivity contribution in [2.75, 3.05) is 40.4 Å². The van der Waals surface area contributed by atoms with Crippen molar-refractivity contribution in [3.8, 4) is 0 Å². The molecule has 1 aromatic heterocycles. The third kappa shape index (κ3) is 3.30. The fraction of sp³-hybridized carbons (Fsp3) is 0.500. The second-order valence-electron chi connectivity index (χ2n) is 5.47. The van der Waals surface area contributed by atoms with Crippen molar-refractivity contribution in [3.05, 3.63) is 12.2 Å². The molecule has 126 valence electrons. The number of aliphatic hydroxyl groups excluding tert-OH is 1. The zero-order valence-corrected chi connectivity index (χ0v) is 13.0. The first-order valence-electron chi connectivity index (χ1n) is 7.03. The number of nitrogens with one attached hydrogen (secondary N) is 2. The highest BCUT2D eigenvalue weighted by Gasteiger charge is 2.32. The minimum atomic E-state index is -4.19. The minimum absolute atomic E-state index is 0.00373. The second-order valence-corrected chi connectivity index (χ2v) is 6.92. The number of rotatable bonds is 5. The van der Waals surface area contributed by atoms with Gasteiger partial charge in [0.1, 0.15) is 11.6 Å². The number of nitrogen functional groups attached to an aromatic ring is 1. The van der Waals surface area contributed by atoms with E-state index in [0.717, 1.165) is 6.42 Å². The van der Waals surface area contributed by atoms with Crippen molar-refractivity contribution in [1.82, 2.24) is 9.97 Å². The van der Waals surface area contributed by atoms with Crippen molar-refractivity contribution in [2.45, 2.75) is 12.5 Å². The predicted octanol–water partition coefficient (Wildman–Crippen LogP) is -0.558. The molecule has 1 aliphatic heterocycles. The van der Waals surface area contributed by atoms with Crippen molar-refractivity contribution < 1.29 is 18.1 Å². The van der Waals surface area contributed by atoms with Crippen LogP contribution in [-0.4, -0.2) is 53.2 Å². The maximum atomic E-state index is 10.9. The van der Waals surface area contributed by atoms with E-state index in [-0.39, 0.29) is 30.3 Å². The van der Waals surface area contributed by atoms with Gasteiger partial charge in [-0.3, -0.25) is 4.55 Å². The lowest BCUT2D eigenvalue weighted by atomic mass is 10.1. The van der Waals surface area contributed by atoms with E-state index < -0.39 is 16.0 Å². The fourth-order valence-electron chi connectivity index (χ4n) is 2.76. The van der Waals surface area contributed by atoms with Gasteiger partial charge in [0.25, 0.3) is 10.1 Å². The van der Waals surface area contributed by atoms with E-state index in [1.165, 1.54) is 0 Å². The molecule has 2 atom stereocenters. The summed E-state index contributed by atoms with van der Waals surface area (Å²) in [6.45, 7) is 0.551. The molecule has 0 aromatic carbocycles. The molecule has 0 amide bonds. The van der Waals surface area contributed by atoms with Gasteiger partial charge in [0.15, 0.2) is 11.6 Å². The molecule has 0 fully saturated rings. The number of aliphatic hydroxyl groups is 1. The van der Waals surface area contributed by atoms with Gasteiger partial charge in [-0.1, -0.05) is 12.2 Å². The molecule has 0 saturated heterocycles. The summed E-state index contributed by atoms with van der Waals surface area (Å²) in [6.07, 6.45) is 4.72. The predicted molar refractivity (Wildman–Crippen MR) is 85.6 cm³/mol. The van der Waals surface area contributed by atoms with E-state index in [4.69, 9.17) is 10.3 Å². The third-order valence-corrected chi connectivity index (χ3v) is 4.32. The molecule has 6 N–H and O–H groups in total. The molecule has 0 bridgehead atoms. The van der Waals surface area contributed by atoms with Gasteiger partial charge in [0.05, 0.1) is 12.7 Å². The standard InChI is InChI=1S/C12H18N6O4S/c13-12-16-10(15-6-23(20,21)22)9-11(17-12)18(5-14-9)8-2-1-7(3-8)4-19/h1-2,7-8,14,19H,3-6H2,(H,20,21,22)(H3,13,15,16,17). The van der Waals surface area contributed by atoms with Crippen LogP contribution in [0.15, 0.2) is 12.2 Å². The zero-order chi connectivity index (χ0) is 16.6. The van der Waals surface area contributed by atoms with Gasteiger partial charge < -0.3 is 26.4 Å². The van der Waals surface area contributed by atoms with E-state index in [9.17, 15) is 13.5 Å². The Morgan fingerprint density at radius 3 is 2.87 bits per heavy atom. The normalized spacial score (nSPS) is 23.0. The van der Waals surface area contributed by atoms with Gasteiger partial charge in [0.2, 0.25) is 5.95 Å². The van der Waals surface area contributed by atoms with E-state index in [1.54, 1.807) is 0 Å². The van der Waals surface area contributed by atoms with Crippen LogP contribution in [0.2, 0.25) is 0 Å². The van der Waals surface area contributed by atoms with Gasteiger partial charge in [-0.25, -0.2) is 0 Å². The molecule has 23 heavy (non-hydrogen) atoms. The average Bonchev–Trinajstić information content (AvgIpc) is 3.09. The van der Waals surface area contributed by atoms with Crippen LogP contribution in [0.4, 0.5) is 23.3 Å². The highest BCUT2D eigenvalue weighted by Crippen LogP contribution is 2.38. The number of aromatic nitrogens is 2. The largest absolute Gasteiger partial charge is 0.396 e. The number of fused-ring (bicyclic) bond motifs is 1. The zero-order valence-electron chi connectivity index (χ0n) is 12.2. The second kappa shape index (κ2) is 5.83. The fourth-order valence-corrected chi connectivity index (χ4v) is 3.08. The summed E-state index contributed by atoms with van der Waals surface area (Å²) in [5.74, 6) is 0.209. The molecule has 1 aromatic rings. The summed E-state index contributed by atoms with van der Waals surface area (Å²) < 4.78 is 30.6. The summed E-state index contributed by atoms with van der Waals surface area (Å²) in [7, 11) is -4.19. The molecule has 0 saturated carbocycles. The first-order valence-corrected chi connectivity index (χ1v) is 8.64. The molecule has 0 spiro atoms. The topological polar surface area (TPSA) is 154 Å². The van der Waals surface area contributed by atoms with Crippen LogP contribution in [0.25, 0.3) is 0 Å². The highest BCUT2D eigenvalue weighted by atomic mass is 32.2. The summed E-state index contributed by atoms with van der Waals surface area (Å²) in [5.41, 5.74) is 6.23. The van der Waals surface area contributed by atoms with E-state index in [0.29, 0.717) is 18.2 Å². The lowest BCUT2D eigenvalue weighted by Gasteiger charge is -2.24. The SMILES string of the molecule is Nc1nc(NCS(=O)(=O)O)c2c(n1)N(C1C=CC(CO)C1)CN2. The van der Waals surface area contributed by atoms with Crippen LogP contribution in [0, 0.1) is 5.92 Å². The molecule has 3 rings (SSSR count). The van der Waals surface area contributed by atoms with Crippen LogP contribution < -0.4 is 21.3 Å². The van der Waals surface area contributed by atoms with Crippen LogP contribution in [0.1, 0.15) is 6.42 Å². The number of nitrogens with two attached hydrogens (primary N) is 1. The van der Waals surface area contributed by atoms with Gasteiger partial charge in [-0.2, -0.15) is 18.4 Å². The summed E-state index contributed by atoms with van der Waals surface area (Å²) >= 11 is 0. The Hall–Kier alpha value is -2.11. The Morgan fingerprint density at radius 1 is 1.43 bits per heavy atom. The molecule has 2 heterocycles. The van der Waals surface area contributed by atoms with Crippen molar-refractivity contribution in [3.63, 3.8) is 0 Å². The Kier molecular flexibility index (Phi) is 4.00. The Bertz CT molecular complexity index is 737. The molecule has 0 radical (unpaired) electrons. The van der Waals surface area contributed by atoms with Crippen LogP contribution >= 0.6 is 0 Å². The van der Waals surface area contributed by atoms with Gasteiger partial charge in [-0.15, -0.1) is 0 Å². The summed E-state index contributed by atoms with van der Waals surface area (Å²) in [6, 6.07) is 0.0598. The Labute approximate surface area is 133 Å². The van der Waals surface area contributed by atoms with Crippen molar-refractivity contribution in [2.24, 2.45) is 5.92 Å². The maximum absolute atomic E-state index is 10.9. The third-order valence-electron chi connectivity index (χ3n) is 3.81. The van der Waals surface area contributed by atoms with Crippen molar-refractivity contribution in [1.29, 1.82) is 0 Å². The molecular formula is C12H18N6O4S. The van der Waals surface area contributed by atoms with Gasteiger partial charge in [0, 0.05) is 12.5 Å². The summed E-state index contributed by atoms with van der Waals surface area (Å²) in [4.78, 5) is 10.2. The molecule has 2 aliphatic rings. The minimum Gasteiger partial charge on any atom is -0.396 e. The molecule has 10 nitrogen and oxygen atoms in total. The Balaban J connectivity index is 1.85. The molecule has 11 heteroatoms.